The Hall–Kier alpha value is -7.06. The highest BCUT2D eigenvalue weighted by Crippen LogP contribution is 2.51. The van der Waals surface area contributed by atoms with E-state index >= 15 is 17.6 Å². The van der Waals surface area contributed by atoms with Gasteiger partial charge in [0.2, 0.25) is 11.5 Å². The number of hydrogen-bond donors (Lipinski definition) is 0. The molecule has 0 aliphatic rings. The highest BCUT2D eigenvalue weighted by Gasteiger charge is 2.32. The Labute approximate surface area is 338 Å². The summed E-state index contributed by atoms with van der Waals surface area (Å²) in [6.45, 7) is 8.96. The molecule has 0 radical (unpaired) electrons. The van der Waals surface area contributed by atoms with Crippen LogP contribution in [0.15, 0.2) is 133 Å². The fraction of sp³-hybridized carbons (Fsp3) is 0. The van der Waals surface area contributed by atoms with Crippen molar-refractivity contribution in [3.8, 4) is 22.5 Å². The Morgan fingerprint density at radius 2 is 0.864 bits per heavy atom. The van der Waals surface area contributed by atoms with Crippen LogP contribution < -0.4 is 0 Å². The highest BCUT2D eigenvalue weighted by molar-refractivity contribution is 7.27. The number of halogens is 5. The van der Waals surface area contributed by atoms with Crippen molar-refractivity contribution in [3.05, 3.63) is 174 Å². The Bertz CT molecular complexity index is 3850. The van der Waals surface area contributed by atoms with Gasteiger partial charge in [0.25, 0.3) is 0 Å². The lowest BCUT2D eigenvalue weighted by Gasteiger charge is -2.21. The van der Waals surface area contributed by atoms with E-state index in [9.17, 15) is 4.39 Å². The molecule has 280 valence electrons. The number of fused-ring (bicyclic) bond motifs is 14. The molecule has 3 nitrogen and oxygen atoms in total. The molecule has 0 unspecified atom stereocenters. The van der Waals surface area contributed by atoms with Gasteiger partial charge in [0.05, 0.1) is 55.0 Å². The van der Waals surface area contributed by atoms with Crippen LogP contribution in [-0.2, 0) is 0 Å². The van der Waals surface area contributed by atoms with Gasteiger partial charge in [0.15, 0.2) is 23.3 Å². The minimum absolute atomic E-state index is 0.00805. The standard InChI is InChI=1S/C49H22F5N3S2/c1-55-44-35(56-33-14-6-2-10-24(33)28-18-20-30-26-12-4-8-16-36(26)58-48(30)46(28)56)23-22-32(38-39(50)41(52)43(54)42(53)40(38)51)45(44)57-34-15-7-3-11-25(34)29-19-21-31-27-13-5-9-17-37(27)59-49(31)47(29)57/h2-23H. The molecule has 10 heteroatoms. The maximum Gasteiger partial charge on any atom is 0.234 e. The fourth-order valence-corrected chi connectivity index (χ4v) is 11.6. The van der Waals surface area contributed by atoms with Gasteiger partial charge >= 0.3 is 0 Å². The molecule has 12 rings (SSSR count). The van der Waals surface area contributed by atoms with Crippen molar-refractivity contribution in [3.63, 3.8) is 0 Å². The smallest absolute Gasteiger partial charge is 0.234 e. The molecule has 12 aromatic rings. The van der Waals surface area contributed by atoms with Gasteiger partial charge in [0, 0.05) is 58.1 Å². The van der Waals surface area contributed by atoms with Crippen LogP contribution >= 0.6 is 22.7 Å². The summed E-state index contributed by atoms with van der Waals surface area (Å²) in [5.41, 5.74) is 1.75. The molecule has 0 atom stereocenters. The van der Waals surface area contributed by atoms with Gasteiger partial charge in [-0.2, -0.15) is 0 Å². The van der Waals surface area contributed by atoms with Crippen molar-refractivity contribution in [2.75, 3.05) is 0 Å². The van der Waals surface area contributed by atoms with Crippen molar-refractivity contribution in [2.24, 2.45) is 0 Å². The summed E-state index contributed by atoms with van der Waals surface area (Å²) < 4.78 is 85.3. The van der Waals surface area contributed by atoms with Crippen LogP contribution in [-0.4, -0.2) is 9.13 Å². The molecule has 0 spiro atoms. The molecule has 0 fully saturated rings. The van der Waals surface area contributed by atoms with E-state index < -0.39 is 34.6 Å². The zero-order chi connectivity index (χ0) is 39.8. The van der Waals surface area contributed by atoms with E-state index in [2.05, 4.69) is 29.1 Å². The van der Waals surface area contributed by atoms with E-state index in [0.717, 1.165) is 72.9 Å². The Kier molecular flexibility index (Phi) is 7.05. The van der Waals surface area contributed by atoms with Gasteiger partial charge in [-0.25, -0.2) is 26.8 Å². The van der Waals surface area contributed by atoms with Gasteiger partial charge in [-0.05, 0) is 30.3 Å². The number of thiophene rings is 2. The monoisotopic (exact) mass is 811 g/mol. The average molecular weight is 812 g/mol. The van der Waals surface area contributed by atoms with Crippen LogP contribution in [0.1, 0.15) is 0 Å². The van der Waals surface area contributed by atoms with Gasteiger partial charge in [-0.15, -0.1) is 22.7 Å². The second kappa shape index (κ2) is 12.2. The van der Waals surface area contributed by atoms with Gasteiger partial charge < -0.3 is 9.13 Å². The van der Waals surface area contributed by atoms with E-state index in [-0.39, 0.29) is 16.9 Å². The summed E-state index contributed by atoms with van der Waals surface area (Å²) in [6, 6.07) is 42.5. The molecule has 0 N–H and O–H groups in total. The first-order chi connectivity index (χ1) is 28.9. The van der Waals surface area contributed by atoms with Crippen molar-refractivity contribution in [2.45, 2.75) is 0 Å². The van der Waals surface area contributed by atoms with Crippen LogP contribution in [0.4, 0.5) is 27.6 Å². The largest absolute Gasteiger partial charge is 0.318 e. The van der Waals surface area contributed by atoms with E-state index in [0.29, 0.717) is 16.7 Å². The number of aromatic nitrogens is 2. The molecule has 0 aliphatic heterocycles. The summed E-state index contributed by atoms with van der Waals surface area (Å²) in [5.74, 6) is -10.4. The Balaban J connectivity index is 1.32. The van der Waals surface area contributed by atoms with Crippen molar-refractivity contribution in [1.29, 1.82) is 0 Å². The van der Waals surface area contributed by atoms with E-state index in [4.69, 9.17) is 6.57 Å². The molecule has 59 heavy (non-hydrogen) atoms. The van der Waals surface area contributed by atoms with Crippen LogP contribution in [0, 0.1) is 35.7 Å². The van der Waals surface area contributed by atoms with Crippen LogP contribution in [0.5, 0.6) is 0 Å². The third-order valence-corrected chi connectivity index (χ3v) is 13.9. The lowest BCUT2D eigenvalue weighted by molar-refractivity contribution is 0.381. The second-order valence-electron chi connectivity index (χ2n) is 14.5. The summed E-state index contributed by atoms with van der Waals surface area (Å²) in [4.78, 5) is 4.17. The third kappa shape index (κ3) is 4.43. The first-order valence-electron chi connectivity index (χ1n) is 18.6. The summed E-state index contributed by atoms with van der Waals surface area (Å²) in [7, 11) is 0. The maximum atomic E-state index is 16.2. The predicted octanol–water partition coefficient (Wildman–Crippen LogP) is 15.5. The summed E-state index contributed by atoms with van der Waals surface area (Å²) >= 11 is 3.16. The fourth-order valence-electron chi connectivity index (χ4n) is 9.07. The highest BCUT2D eigenvalue weighted by atomic mass is 32.1. The SMILES string of the molecule is [C-]#[N+]c1c(-n2c3ccccc3c3ccc4c5ccccc5sc4c32)ccc(-c2c(F)c(F)c(F)c(F)c2F)c1-n1c2ccccc2c2ccc3c4ccccc4sc3c21. The molecular weight excluding hydrogens is 790 g/mol. The van der Waals surface area contributed by atoms with Crippen molar-refractivity contribution < 1.29 is 22.0 Å². The lowest BCUT2D eigenvalue weighted by atomic mass is 9.98. The van der Waals surface area contributed by atoms with Gasteiger partial charge in [-0.3, -0.25) is 0 Å². The lowest BCUT2D eigenvalue weighted by Crippen LogP contribution is -2.08. The molecule has 8 aromatic carbocycles. The topological polar surface area (TPSA) is 14.2 Å². The summed E-state index contributed by atoms with van der Waals surface area (Å²) in [6.07, 6.45) is 0. The molecule has 0 aliphatic carbocycles. The van der Waals surface area contributed by atoms with Crippen LogP contribution in [0.3, 0.4) is 0 Å². The first kappa shape index (κ1) is 34.0. The molecule has 0 amide bonds. The van der Waals surface area contributed by atoms with Gasteiger partial charge in [-0.1, -0.05) is 103 Å². The second-order valence-corrected chi connectivity index (χ2v) is 16.6. The number of hydrogen-bond acceptors (Lipinski definition) is 2. The minimum Gasteiger partial charge on any atom is -0.318 e. The van der Waals surface area contributed by atoms with E-state index in [1.54, 1.807) is 22.0 Å². The van der Waals surface area contributed by atoms with Crippen LogP contribution in [0.25, 0.3) is 111 Å². The van der Waals surface area contributed by atoms with Crippen molar-refractivity contribution in [1.82, 2.24) is 9.13 Å². The van der Waals surface area contributed by atoms with Crippen molar-refractivity contribution >= 4 is 112 Å². The minimum atomic E-state index is -2.26. The number of rotatable bonds is 3. The molecule has 4 aromatic heterocycles. The maximum absolute atomic E-state index is 16.2. The predicted molar refractivity (Wildman–Crippen MR) is 232 cm³/mol. The van der Waals surface area contributed by atoms with Gasteiger partial charge in [0.1, 0.15) is 0 Å². The molecule has 0 bridgehead atoms. The quantitative estimate of drug-likeness (QED) is 0.0730. The first-order valence-corrected chi connectivity index (χ1v) is 20.2. The summed E-state index contributed by atoms with van der Waals surface area (Å²) in [5, 5.41) is 7.48. The molecule has 0 saturated heterocycles. The normalized spacial score (nSPS) is 12.1. The molecule has 0 saturated carbocycles. The van der Waals surface area contributed by atoms with E-state index in [1.165, 1.54) is 17.4 Å². The molecule has 4 heterocycles. The number of para-hydroxylation sites is 2. The number of benzene rings is 8. The van der Waals surface area contributed by atoms with Crippen LogP contribution in [0.2, 0.25) is 0 Å². The zero-order valence-corrected chi connectivity index (χ0v) is 31.9. The van der Waals surface area contributed by atoms with E-state index in [1.807, 2.05) is 102 Å². The average Bonchev–Trinajstić information content (AvgIpc) is 4.02. The Morgan fingerprint density at radius 3 is 1.41 bits per heavy atom. The molecular formula is C49H22F5N3S2. The number of nitrogens with zero attached hydrogens (tertiary/aromatic N) is 3. The zero-order valence-electron chi connectivity index (χ0n) is 30.2. The Morgan fingerprint density at radius 1 is 0.424 bits per heavy atom. The third-order valence-electron chi connectivity index (χ3n) is 11.5.